The molecule has 0 spiro atoms. The van der Waals surface area contributed by atoms with E-state index < -0.39 is 41.5 Å². The van der Waals surface area contributed by atoms with Gasteiger partial charge in [-0.05, 0) is 20.8 Å². The molecule has 1 aromatic heterocycles. The molecule has 2 rings (SSSR count). The van der Waals surface area contributed by atoms with Crippen LogP contribution in [-0.2, 0) is 4.74 Å². The Hall–Kier alpha value is -1.95. The van der Waals surface area contributed by atoms with Crippen molar-refractivity contribution in [2.75, 3.05) is 0 Å². The Bertz CT molecular complexity index is 744. The summed E-state index contributed by atoms with van der Waals surface area (Å²) in [6.45, 7) is 4.14. The number of rotatable bonds is 2. The first-order valence-electron chi connectivity index (χ1n) is 6.69. The number of hydrogen-bond acceptors (Lipinski definition) is 5. The summed E-state index contributed by atoms with van der Waals surface area (Å²) < 4.78 is 21.4. The highest BCUT2D eigenvalue weighted by atomic mass is 19.1. The summed E-state index contributed by atoms with van der Waals surface area (Å²) >= 11 is 0. The van der Waals surface area contributed by atoms with Crippen LogP contribution in [0.15, 0.2) is 15.7 Å². The maximum Gasteiger partial charge on any atom is 0.330 e. The first kappa shape index (κ1) is 16.4. The molecule has 1 saturated heterocycles. The topological polar surface area (TPSA) is 105 Å². The number of nitrogens with zero attached hydrogens (tertiary/aromatic N) is 1. The largest absolute Gasteiger partial charge is 0.391 e. The molecule has 120 valence electrons. The fourth-order valence-electron chi connectivity index (χ4n) is 2.57. The van der Waals surface area contributed by atoms with Crippen LogP contribution in [0.1, 0.15) is 25.8 Å². The van der Waals surface area contributed by atoms with Gasteiger partial charge in [0.25, 0.3) is 5.56 Å². The molecule has 22 heavy (non-hydrogen) atoms. The lowest BCUT2D eigenvalue weighted by Crippen LogP contribution is -2.46. The van der Waals surface area contributed by atoms with Crippen LogP contribution >= 0.6 is 0 Å². The summed E-state index contributed by atoms with van der Waals surface area (Å²) in [5.41, 5.74) is -3.95. The fraction of sp³-hybridized carbons (Fsp3) is 0.571. The van der Waals surface area contributed by atoms with Crippen molar-refractivity contribution in [3.63, 3.8) is 0 Å². The van der Waals surface area contributed by atoms with Crippen molar-refractivity contribution in [2.45, 2.75) is 51.0 Å². The number of halogens is 1. The van der Waals surface area contributed by atoms with Gasteiger partial charge in [-0.15, -0.1) is 5.92 Å². The van der Waals surface area contributed by atoms with Gasteiger partial charge in [0.1, 0.15) is 12.2 Å². The number of ether oxygens (including phenoxy) is 1. The summed E-state index contributed by atoms with van der Waals surface area (Å²) in [7, 11) is 0. The van der Waals surface area contributed by atoms with Gasteiger partial charge in [-0.3, -0.25) is 14.3 Å². The molecule has 1 aliphatic heterocycles. The standard InChI is InChI=1S/C14H17FN2O5/c1-4-5-14(15)11(20)10(8(3)18)22-12(14)17-7(2)6-9(19)16-13(17)21/h6,8,10-12,18,20H,1-3H3,(H,16,19,21)/t8-,10-,11?,12-,14?/m1/s1. The maximum absolute atomic E-state index is 15.2. The van der Waals surface area contributed by atoms with Gasteiger partial charge in [0.2, 0.25) is 5.67 Å². The van der Waals surface area contributed by atoms with Crippen LogP contribution in [0.3, 0.4) is 0 Å². The highest BCUT2D eigenvalue weighted by Crippen LogP contribution is 2.42. The summed E-state index contributed by atoms with van der Waals surface area (Å²) in [5, 5.41) is 19.8. The summed E-state index contributed by atoms with van der Waals surface area (Å²) in [6, 6.07) is 1.10. The molecule has 2 unspecified atom stereocenters. The molecule has 5 atom stereocenters. The molecule has 0 saturated carbocycles. The summed E-state index contributed by atoms with van der Waals surface area (Å²) in [5.74, 6) is 4.57. The molecular formula is C14H17FN2O5. The number of alkyl halides is 1. The van der Waals surface area contributed by atoms with Crippen LogP contribution in [0.25, 0.3) is 0 Å². The molecule has 0 bridgehead atoms. The second-order valence-corrected chi connectivity index (χ2v) is 5.23. The van der Waals surface area contributed by atoms with Gasteiger partial charge in [-0.1, -0.05) is 5.92 Å². The first-order chi connectivity index (χ1) is 10.2. The van der Waals surface area contributed by atoms with Crippen LogP contribution in [0.5, 0.6) is 0 Å². The Balaban J connectivity index is 2.64. The van der Waals surface area contributed by atoms with Crippen LogP contribution in [0, 0.1) is 18.8 Å². The van der Waals surface area contributed by atoms with E-state index >= 15 is 4.39 Å². The summed E-state index contributed by atoms with van der Waals surface area (Å²) in [4.78, 5) is 25.3. The average molecular weight is 312 g/mol. The van der Waals surface area contributed by atoms with E-state index in [9.17, 15) is 19.8 Å². The van der Waals surface area contributed by atoms with E-state index in [1.54, 1.807) is 0 Å². The van der Waals surface area contributed by atoms with Gasteiger partial charge in [0, 0.05) is 11.8 Å². The number of aliphatic hydroxyl groups is 2. The van der Waals surface area contributed by atoms with E-state index in [2.05, 4.69) is 11.8 Å². The van der Waals surface area contributed by atoms with E-state index in [1.165, 1.54) is 20.8 Å². The Kier molecular flexibility index (Phi) is 4.24. The Morgan fingerprint density at radius 2 is 2.18 bits per heavy atom. The predicted molar refractivity (Wildman–Crippen MR) is 74.9 cm³/mol. The molecule has 3 N–H and O–H groups in total. The van der Waals surface area contributed by atoms with Crippen LogP contribution in [0.4, 0.5) is 4.39 Å². The van der Waals surface area contributed by atoms with Crippen molar-refractivity contribution in [2.24, 2.45) is 0 Å². The van der Waals surface area contributed by atoms with Crippen LogP contribution in [-0.4, -0.2) is 43.7 Å². The monoisotopic (exact) mass is 312 g/mol. The number of H-pyrrole nitrogens is 1. The van der Waals surface area contributed by atoms with Crippen molar-refractivity contribution in [1.29, 1.82) is 0 Å². The van der Waals surface area contributed by atoms with Gasteiger partial charge in [-0.2, -0.15) is 0 Å². The normalized spacial score (nSPS) is 32.4. The van der Waals surface area contributed by atoms with E-state index in [-0.39, 0.29) is 5.69 Å². The van der Waals surface area contributed by atoms with Gasteiger partial charge in [-0.25, -0.2) is 9.18 Å². The predicted octanol–water partition coefficient (Wildman–Crippen LogP) is -0.784. The van der Waals surface area contributed by atoms with Crippen molar-refractivity contribution >= 4 is 0 Å². The zero-order valence-electron chi connectivity index (χ0n) is 12.3. The second kappa shape index (κ2) is 5.68. The summed E-state index contributed by atoms with van der Waals surface area (Å²) in [6.07, 6.45) is -5.76. The Labute approximate surface area is 125 Å². The zero-order valence-corrected chi connectivity index (χ0v) is 12.3. The molecule has 1 aromatic rings. The first-order valence-corrected chi connectivity index (χ1v) is 6.69. The SMILES string of the molecule is CC#CC1(F)C(O)[C@@H]([C@@H](C)O)O[C@H]1n1c(C)cc(=O)[nH]c1=O. The third kappa shape index (κ3) is 2.47. The number of aromatic amines is 1. The highest BCUT2D eigenvalue weighted by Gasteiger charge is 2.59. The highest BCUT2D eigenvalue weighted by molar-refractivity contribution is 5.23. The van der Waals surface area contributed by atoms with Crippen LogP contribution < -0.4 is 11.2 Å². The Morgan fingerprint density at radius 1 is 1.55 bits per heavy atom. The Morgan fingerprint density at radius 3 is 2.68 bits per heavy atom. The van der Waals surface area contributed by atoms with E-state index in [0.29, 0.717) is 0 Å². The molecule has 8 heteroatoms. The molecule has 0 aromatic carbocycles. The second-order valence-electron chi connectivity index (χ2n) is 5.23. The lowest BCUT2D eigenvalue weighted by molar-refractivity contribution is -0.0809. The molecule has 7 nitrogen and oxygen atoms in total. The van der Waals surface area contributed by atoms with E-state index in [1.807, 2.05) is 4.98 Å². The maximum atomic E-state index is 15.2. The number of aryl methyl sites for hydroxylation is 1. The number of hydrogen-bond donors (Lipinski definition) is 3. The molecular weight excluding hydrogens is 295 g/mol. The molecule has 0 radical (unpaired) electrons. The minimum absolute atomic E-state index is 0.150. The minimum atomic E-state index is -2.59. The minimum Gasteiger partial charge on any atom is -0.391 e. The number of aromatic nitrogens is 2. The van der Waals surface area contributed by atoms with Crippen molar-refractivity contribution in [1.82, 2.24) is 9.55 Å². The van der Waals surface area contributed by atoms with E-state index in [4.69, 9.17) is 4.74 Å². The van der Waals surface area contributed by atoms with Gasteiger partial charge in [0.05, 0.1) is 6.10 Å². The fourth-order valence-corrected chi connectivity index (χ4v) is 2.57. The van der Waals surface area contributed by atoms with Crippen molar-refractivity contribution in [3.8, 4) is 11.8 Å². The lowest BCUT2D eigenvalue weighted by Gasteiger charge is -2.25. The molecule has 2 heterocycles. The molecule has 0 aliphatic carbocycles. The molecule has 0 amide bonds. The number of aliphatic hydroxyl groups excluding tert-OH is 2. The van der Waals surface area contributed by atoms with Crippen LogP contribution in [0.2, 0.25) is 0 Å². The van der Waals surface area contributed by atoms with Gasteiger partial charge >= 0.3 is 5.69 Å². The van der Waals surface area contributed by atoms with Gasteiger partial charge in [0.15, 0.2) is 6.23 Å². The lowest BCUT2D eigenvalue weighted by atomic mass is 9.94. The smallest absolute Gasteiger partial charge is 0.330 e. The van der Waals surface area contributed by atoms with Crippen molar-refractivity contribution < 1.29 is 19.3 Å². The quantitative estimate of drug-likeness (QED) is 0.621. The third-order valence-electron chi connectivity index (χ3n) is 3.58. The zero-order chi connectivity index (χ0) is 16.7. The third-order valence-corrected chi connectivity index (χ3v) is 3.58. The van der Waals surface area contributed by atoms with Gasteiger partial charge < -0.3 is 14.9 Å². The molecule has 1 aliphatic rings. The molecule has 1 fully saturated rings. The average Bonchev–Trinajstić information content (AvgIpc) is 2.63. The van der Waals surface area contributed by atoms with Crippen molar-refractivity contribution in [3.05, 3.63) is 32.6 Å². The number of nitrogens with one attached hydrogen (secondary N) is 1. The van der Waals surface area contributed by atoms with E-state index in [0.717, 1.165) is 10.6 Å².